The van der Waals surface area contributed by atoms with Gasteiger partial charge in [0.2, 0.25) is 5.91 Å². The number of anilines is 1. The number of hydrogen-bond donors (Lipinski definition) is 4. The Kier molecular flexibility index (Phi) is 9.36. The first-order valence-corrected chi connectivity index (χ1v) is 18.1. The molecule has 4 N–H and O–H groups in total. The monoisotopic (exact) mass is 686 g/mol. The summed E-state index contributed by atoms with van der Waals surface area (Å²) >= 11 is 6.40. The number of carbonyl (C=O) groups is 2. The van der Waals surface area contributed by atoms with Crippen molar-refractivity contribution in [2.45, 2.75) is 62.1 Å². The van der Waals surface area contributed by atoms with Gasteiger partial charge in [0.25, 0.3) is 5.91 Å². The number of rotatable bonds is 3. The molecule has 2 aromatic rings. The lowest BCUT2D eigenvalue weighted by atomic mass is 9.68. The van der Waals surface area contributed by atoms with Crippen molar-refractivity contribution in [3.05, 3.63) is 70.3 Å². The largest absolute Gasteiger partial charge is 0.490 e. The van der Waals surface area contributed by atoms with Gasteiger partial charge in [-0.2, -0.15) is 8.42 Å². The first kappa shape index (κ1) is 33.7. The molecule has 5 atom stereocenters. The van der Waals surface area contributed by atoms with Crippen molar-refractivity contribution >= 4 is 39.3 Å². The summed E-state index contributed by atoms with van der Waals surface area (Å²) in [5.74, 6) is -1.01. The third-order valence-electron chi connectivity index (χ3n) is 10.6. The molecule has 2 heterocycles. The van der Waals surface area contributed by atoms with Crippen LogP contribution in [0.5, 0.6) is 5.75 Å². The highest BCUT2D eigenvalue weighted by molar-refractivity contribution is 7.88. The Labute approximate surface area is 281 Å². The van der Waals surface area contributed by atoms with Gasteiger partial charge in [-0.05, 0) is 91.3 Å². The van der Waals surface area contributed by atoms with E-state index in [2.05, 4.69) is 11.0 Å². The number of halogens is 1. The zero-order valence-electron chi connectivity index (χ0n) is 26.7. The lowest BCUT2D eigenvalue weighted by Crippen LogP contribution is -2.51. The normalized spacial score (nSPS) is 30.3. The Morgan fingerprint density at radius 3 is 2.72 bits per heavy atom. The molecule has 0 radical (unpaired) electrons. The summed E-state index contributed by atoms with van der Waals surface area (Å²) < 4.78 is 35.2. The van der Waals surface area contributed by atoms with Crippen LogP contribution in [0.15, 0.2) is 48.6 Å². The third-order valence-corrected chi connectivity index (χ3v) is 11.8. The molecule has 2 aromatic carbocycles. The molecule has 0 unspecified atom stereocenters. The van der Waals surface area contributed by atoms with Gasteiger partial charge in [0, 0.05) is 44.2 Å². The lowest BCUT2D eigenvalue weighted by molar-refractivity contribution is -0.148. The Bertz CT molecular complexity index is 1690. The smallest absolute Gasteiger partial charge is 0.301 e. The van der Waals surface area contributed by atoms with E-state index in [9.17, 15) is 28.2 Å². The number of carbonyl (C=O) groups excluding carboxylic acids is 2. The van der Waals surface area contributed by atoms with Gasteiger partial charge >= 0.3 is 10.2 Å². The first-order chi connectivity index (χ1) is 22.3. The van der Waals surface area contributed by atoms with E-state index in [0.717, 1.165) is 39.2 Å². The highest BCUT2D eigenvalue weighted by Crippen LogP contribution is 2.47. The molecular weight excluding hydrogens is 644 g/mol. The summed E-state index contributed by atoms with van der Waals surface area (Å²) in [5, 5.41) is 23.9. The molecule has 1 fully saturated rings. The van der Waals surface area contributed by atoms with E-state index >= 15 is 0 Å². The molecule has 4 aliphatic rings. The number of nitrogens with one attached hydrogen (secondary N) is 2. The Balaban J connectivity index is 1.48. The molecule has 6 rings (SSSR count). The van der Waals surface area contributed by atoms with Gasteiger partial charge in [0.15, 0.2) is 5.60 Å². The molecule has 2 amide bonds. The van der Waals surface area contributed by atoms with Gasteiger partial charge in [0.05, 0.1) is 24.8 Å². The number of benzene rings is 2. The number of amides is 2. The van der Waals surface area contributed by atoms with Crippen molar-refractivity contribution in [1.82, 2.24) is 14.3 Å². The quantitative estimate of drug-likeness (QED) is 0.361. The minimum Gasteiger partial charge on any atom is -0.490 e. The van der Waals surface area contributed by atoms with Crippen molar-refractivity contribution in [1.29, 1.82) is 0 Å². The SMILES string of the molecule is CNS(=O)(=O)NC(=O)[C@@]1(O)CC(=O)N(C)CC/C=C/[C@H](O)[C@@H]2CC[C@H]2CN2C[C@@]3(CCCc4cc(Cl)ccc43)COc3ccc1cc32. The van der Waals surface area contributed by atoms with Crippen LogP contribution < -0.4 is 19.1 Å². The van der Waals surface area contributed by atoms with Gasteiger partial charge in [-0.1, -0.05) is 35.9 Å². The Morgan fingerprint density at radius 1 is 1.17 bits per heavy atom. The number of nitrogens with zero attached hydrogens (tertiary/aromatic N) is 2. The molecular formula is C34H43ClN4O7S. The Morgan fingerprint density at radius 2 is 1.98 bits per heavy atom. The average molecular weight is 687 g/mol. The fourth-order valence-electron chi connectivity index (χ4n) is 7.62. The molecule has 47 heavy (non-hydrogen) atoms. The molecule has 2 aliphatic heterocycles. The maximum atomic E-state index is 13.6. The van der Waals surface area contributed by atoms with E-state index in [1.807, 2.05) is 27.7 Å². The number of aryl methyl sites for hydroxylation is 1. The van der Waals surface area contributed by atoms with Crippen LogP contribution in [-0.4, -0.2) is 81.8 Å². The van der Waals surface area contributed by atoms with E-state index in [0.29, 0.717) is 42.6 Å². The second-order valence-electron chi connectivity index (χ2n) is 13.5. The van der Waals surface area contributed by atoms with Crippen molar-refractivity contribution in [2.75, 3.05) is 45.2 Å². The lowest BCUT2D eigenvalue weighted by Gasteiger charge is -2.45. The molecule has 0 saturated heterocycles. The first-order valence-electron chi connectivity index (χ1n) is 16.2. The minimum absolute atomic E-state index is 0.0529. The Hall–Kier alpha value is -3.16. The van der Waals surface area contributed by atoms with E-state index in [-0.39, 0.29) is 29.4 Å². The van der Waals surface area contributed by atoms with Crippen molar-refractivity contribution in [3.8, 4) is 5.75 Å². The van der Waals surface area contributed by atoms with E-state index < -0.39 is 40.1 Å². The van der Waals surface area contributed by atoms with Crippen LogP contribution in [0.1, 0.15) is 55.2 Å². The second kappa shape index (κ2) is 13.0. The van der Waals surface area contributed by atoms with Crippen LogP contribution in [0.25, 0.3) is 0 Å². The molecule has 2 bridgehead atoms. The predicted octanol–water partition coefficient (Wildman–Crippen LogP) is 2.78. The van der Waals surface area contributed by atoms with Crippen LogP contribution in [0.4, 0.5) is 5.69 Å². The summed E-state index contributed by atoms with van der Waals surface area (Å²) in [5.41, 5.74) is 0.184. The van der Waals surface area contributed by atoms with Gasteiger partial charge in [-0.15, -0.1) is 0 Å². The number of aliphatic hydroxyl groups is 2. The van der Waals surface area contributed by atoms with E-state index in [4.69, 9.17) is 16.3 Å². The topological polar surface area (TPSA) is 149 Å². The van der Waals surface area contributed by atoms with E-state index in [1.54, 1.807) is 25.3 Å². The predicted molar refractivity (Wildman–Crippen MR) is 178 cm³/mol. The number of ether oxygens (including phenoxy) is 1. The number of aliphatic hydroxyl groups excluding tert-OH is 1. The fourth-order valence-corrected chi connectivity index (χ4v) is 8.33. The standard InChI is InChI=1S/C34H43ClN4O7S/c1-36-47(44,45)37-32(42)34(43)18-31(41)38(2)15-4-3-7-29(40)26-11-8-23(26)19-39-20-33(21-46-30-13-9-24(34)17-28(30)39)14-5-6-22-16-25(35)10-12-27(22)33/h3,7,9-10,12-13,16-17,23,26,29,36,40,43H,4-6,8,11,14-15,18-21H2,1-2H3,(H,37,42)/b7-3+/t23-,26+,29-,33-,34+/m0/s1. The fraction of sp³-hybridized carbons (Fsp3) is 0.529. The maximum Gasteiger partial charge on any atom is 0.301 e. The van der Waals surface area contributed by atoms with Crippen LogP contribution in [0.3, 0.4) is 0 Å². The summed E-state index contributed by atoms with van der Waals surface area (Å²) in [7, 11) is -1.59. The molecule has 254 valence electrons. The number of hydrogen-bond acceptors (Lipinski definition) is 8. The number of fused-ring (bicyclic) bond motifs is 4. The van der Waals surface area contributed by atoms with E-state index in [1.165, 1.54) is 22.1 Å². The summed E-state index contributed by atoms with van der Waals surface area (Å²) in [6.07, 6.45) is 7.38. The molecule has 11 nitrogen and oxygen atoms in total. The summed E-state index contributed by atoms with van der Waals surface area (Å²) in [6.45, 7) is 1.86. The highest BCUT2D eigenvalue weighted by Gasteiger charge is 2.46. The minimum atomic E-state index is -4.29. The average Bonchev–Trinajstić information content (AvgIpc) is 3.17. The summed E-state index contributed by atoms with van der Waals surface area (Å²) in [6, 6.07) is 10.9. The maximum absolute atomic E-state index is 13.6. The van der Waals surface area contributed by atoms with Gasteiger partial charge < -0.3 is 24.7 Å². The highest BCUT2D eigenvalue weighted by atomic mass is 35.5. The van der Waals surface area contributed by atoms with Gasteiger partial charge in [0.1, 0.15) is 5.75 Å². The zero-order valence-corrected chi connectivity index (χ0v) is 28.3. The zero-order chi connectivity index (χ0) is 33.6. The van der Waals surface area contributed by atoms with Crippen molar-refractivity contribution < 1.29 is 33.0 Å². The van der Waals surface area contributed by atoms with Crippen LogP contribution >= 0.6 is 11.6 Å². The molecule has 13 heteroatoms. The molecule has 0 aromatic heterocycles. The molecule has 1 saturated carbocycles. The molecule has 1 spiro atoms. The van der Waals surface area contributed by atoms with Crippen LogP contribution in [0, 0.1) is 11.8 Å². The van der Waals surface area contributed by atoms with Crippen LogP contribution in [-0.2, 0) is 37.2 Å². The molecule has 2 aliphatic carbocycles. The van der Waals surface area contributed by atoms with Crippen molar-refractivity contribution in [3.63, 3.8) is 0 Å². The van der Waals surface area contributed by atoms with Crippen molar-refractivity contribution in [2.24, 2.45) is 11.8 Å². The van der Waals surface area contributed by atoms with Gasteiger partial charge in [-0.25, -0.2) is 9.44 Å². The second-order valence-corrected chi connectivity index (χ2v) is 15.5. The van der Waals surface area contributed by atoms with Gasteiger partial charge in [-0.3, -0.25) is 9.59 Å². The van der Waals surface area contributed by atoms with Crippen LogP contribution in [0.2, 0.25) is 5.02 Å². The third kappa shape index (κ3) is 6.63. The summed E-state index contributed by atoms with van der Waals surface area (Å²) in [4.78, 5) is 30.6.